The van der Waals surface area contributed by atoms with Gasteiger partial charge in [0.15, 0.2) is 0 Å². The molecule has 2 aromatic rings. The van der Waals surface area contributed by atoms with Crippen LogP contribution in [-0.4, -0.2) is 39.4 Å². The minimum absolute atomic E-state index is 0.145. The van der Waals surface area contributed by atoms with Gasteiger partial charge in [0, 0.05) is 13.1 Å². The van der Waals surface area contributed by atoms with Crippen LogP contribution in [-0.2, 0) is 22.6 Å². The van der Waals surface area contributed by atoms with Crippen molar-refractivity contribution in [2.24, 2.45) is 0 Å². The number of benzene rings is 1. The van der Waals surface area contributed by atoms with E-state index in [-0.39, 0.29) is 31.1 Å². The molecular weight excluding hydrogens is 322 g/mol. The molecule has 2 N–H and O–H groups in total. The number of rotatable bonds is 8. The second-order valence-electron chi connectivity index (χ2n) is 5.81. The lowest BCUT2D eigenvalue weighted by Crippen LogP contribution is -2.36. The first-order valence-electron chi connectivity index (χ1n) is 8.14. The van der Waals surface area contributed by atoms with Gasteiger partial charge in [-0.1, -0.05) is 24.3 Å². The molecule has 0 aliphatic rings. The molecular formula is C17H23N5O3. The van der Waals surface area contributed by atoms with Gasteiger partial charge < -0.3 is 15.4 Å². The highest BCUT2D eigenvalue weighted by Crippen LogP contribution is 2.05. The Bertz CT molecular complexity index is 668. The van der Waals surface area contributed by atoms with E-state index in [4.69, 9.17) is 4.74 Å². The zero-order valence-corrected chi connectivity index (χ0v) is 14.4. The molecule has 2 amide bonds. The molecule has 0 aliphatic carbocycles. The topological polar surface area (TPSA) is 98.1 Å². The van der Waals surface area contributed by atoms with Gasteiger partial charge in [-0.3, -0.25) is 4.79 Å². The van der Waals surface area contributed by atoms with E-state index in [9.17, 15) is 9.59 Å². The quantitative estimate of drug-likeness (QED) is 0.706. The molecule has 0 saturated heterocycles. The molecule has 0 fully saturated rings. The van der Waals surface area contributed by atoms with E-state index in [0.29, 0.717) is 13.1 Å². The SMILES string of the molecule is CC(C)OC(=O)CCNC(=O)NCc1ccc(Cn2cncn2)cc1. The fourth-order valence-electron chi connectivity index (χ4n) is 2.11. The summed E-state index contributed by atoms with van der Waals surface area (Å²) in [6.07, 6.45) is 3.17. The van der Waals surface area contributed by atoms with Crippen molar-refractivity contribution in [1.82, 2.24) is 25.4 Å². The summed E-state index contributed by atoms with van der Waals surface area (Å²) in [5, 5.41) is 9.43. The van der Waals surface area contributed by atoms with Gasteiger partial charge in [0.05, 0.1) is 19.1 Å². The summed E-state index contributed by atoms with van der Waals surface area (Å²) in [7, 11) is 0. The highest BCUT2D eigenvalue weighted by atomic mass is 16.5. The van der Waals surface area contributed by atoms with Gasteiger partial charge in [-0.15, -0.1) is 0 Å². The van der Waals surface area contributed by atoms with Crippen molar-refractivity contribution < 1.29 is 14.3 Å². The van der Waals surface area contributed by atoms with E-state index in [0.717, 1.165) is 11.1 Å². The van der Waals surface area contributed by atoms with E-state index in [2.05, 4.69) is 20.7 Å². The summed E-state index contributed by atoms with van der Waals surface area (Å²) >= 11 is 0. The van der Waals surface area contributed by atoms with Gasteiger partial charge in [0.25, 0.3) is 0 Å². The Balaban J connectivity index is 1.66. The summed E-state index contributed by atoms with van der Waals surface area (Å²) in [4.78, 5) is 27.0. The minimum atomic E-state index is -0.321. The number of aromatic nitrogens is 3. The number of esters is 1. The molecule has 0 aliphatic heterocycles. The Labute approximate surface area is 146 Å². The molecule has 0 unspecified atom stereocenters. The van der Waals surface area contributed by atoms with Crippen LogP contribution in [0.1, 0.15) is 31.4 Å². The third kappa shape index (κ3) is 7.03. The van der Waals surface area contributed by atoms with Crippen LogP contribution in [0.5, 0.6) is 0 Å². The standard InChI is InChI=1S/C17H23N5O3/c1-13(2)25-16(23)7-8-19-17(24)20-9-14-3-5-15(6-4-14)10-22-12-18-11-21-22/h3-6,11-13H,7-10H2,1-2H3,(H2,19,20,24). The summed E-state index contributed by atoms with van der Waals surface area (Å²) in [5.74, 6) is -0.321. The highest BCUT2D eigenvalue weighted by Gasteiger charge is 2.06. The number of carbonyl (C=O) groups excluding carboxylic acids is 2. The van der Waals surface area contributed by atoms with Crippen LogP contribution in [0.2, 0.25) is 0 Å². The van der Waals surface area contributed by atoms with E-state index < -0.39 is 0 Å². The first kappa shape index (κ1) is 18.4. The maximum absolute atomic E-state index is 11.7. The Kier molecular flexibility index (Phi) is 6.94. The second-order valence-corrected chi connectivity index (χ2v) is 5.81. The Hall–Kier alpha value is -2.90. The number of hydrogen-bond donors (Lipinski definition) is 2. The van der Waals surface area contributed by atoms with E-state index in [1.54, 1.807) is 24.9 Å². The molecule has 25 heavy (non-hydrogen) atoms. The summed E-state index contributed by atoms with van der Waals surface area (Å²) in [5.41, 5.74) is 2.08. The van der Waals surface area contributed by atoms with E-state index >= 15 is 0 Å². The van der Waals surface area contributed by atoms with Crippen molar-refractivity contribution in [2.75, 3.05) is 6.54 Å². The number of nitrogens with zero attached hydrogens (tertiary/aromatic N) is 3. The summed E-state index contributed by atoms with van der Waals surface area (Å²) < 4.78 is 6.73. The van der Waals surface area contributed by atoms with Crippen molar-refractivity contribution in [3.63, 3.8) is 0 Å². The molecule has 8 heteroatoms. The molecule has 0 saturated carbocycles. The predicted octanol–water partition coefficient (Wildman–Crippen LogP) is 1.47. The average Bonchev–Trinajstić information content (AvgIpc) is 3.06. The number of amides is 2. The van der Waals surface area contributed by atoms with Gasteiger partial charge in [-0.05, 0) is 25.0 Å². The molecule has 0 radical (unpaired) electrons. The lowest BCUT2D eigenvalue weighted by atomic mass is 10.1. The molecule has 134 valence electrons. The molecule has 1 aromatic carbocycles. The molecule has 0 bridgehead atoms. The minimum Gasteiger partial charge on any atom is -0.463 e. The van der Waals surface area contributed by atoms with Gasteiger partial charge in [-0.2, -0.15) is 5.10 Å². The Morgan fingerprint density at radius 1 is 1.16 bits per heavy atom. The number of ether oxygens (including phenoxy) is 1. The monoisotopic (exact) mass is 345 g/mol. The fourth-order valence-corrected chi connectivity index (χ4v) is 2.11. The number of nitrogens with one attached hydrogen (secondary N) is 2. The zero-order valence-electron chi connectivity index (χ0n) is 14.4. The number of carbonyl (C=O) groups is 2. The van der Waals surface area contributed by atoms with Gasteiger partial charge >= 0.3 is 12.0 Å². The van der Waals surface area contributed by atoms with Crippen LogP contribution >= 0.6 is 0 Å². The van der Waals surface area contributed by atoms with Crippen LogP contribution in [0.15, 0.2) is 36.9 Å². The van der Waals surface area contributed by atoms with Crippen LogP contribution in [0, 0.1) is 0 Å². The van der Waals surface area contributed by atoms with E-state index in [1.165, 1.54) is 6.33 Å². The molecule has 2 rings (SSSR count). The Morgan fingerprint density at radius 2 is 1.88 bits per heavy atom. The maximum Gasteiger partial charge on any atom is 0.315 e. The lowest BCUT2D eigenvalue weighted by Gasteiger charge is -2.10. The second kappa shape index (κ2) is 9.41. The highest BCUT2D eigenvalue weighted by molar-refractivity contribution is 5.75. The third-order valence-corrected chi connectivity index (χ3v) is 3.27. The van der Waals surface area contributed by atoms with Gasteiger partial charge in [-0.25, -0.2) is 14.5 Å². The zero-order chi connectivity index (χ0) is 18.1. The van der Waals surface area contributed by atoms with Crippen molar-refractivity contribution in [3.8, 4) is 0 Å². The maximum atomic E-state index is 11.7. The van der Waals surface area contributed by atoms with E-state index in [1.807, 2.05) is 24.3 Å². The van der Waals surface area contributed by atoms with Crippen LogP contribution in [0.4, 0.5) is 4.79 Å². The van der Waals surface area contributed by atoms with Gasteiger partial charge in [0.1, 0.15) is 12.7 Å². The van der Waals surface area contributed by atoms with Crippen LogP contribution in [0.25, 0.3) is 0 Å². The van der Waals surface area contributed by atoms with Crippen LogP contribution < -0.4 is 10.6 Å². The number of urea groups is 1. The smallest absolute Gasteiger partial charge is 0.315 e. The summed E-state index contributed by atoms with van der Waals surface area (Å²) in [6, 6.07) is 7.56. The van der Waals surface area contributed by atoms with Gasteiger partial charge in [0.2, 0.25) is 0 Å². The first-order valence-corrected chi connectivity index (χ1v) is 8.14. The van der Waals surface area contributed by atoms with Crippen LogP contribution in [0.3, 0.4) is 0 Å². The van der Waals surface area contributed by atoms with Crippen molar-refractivity contribution in [3.05, 3.63) is 48.0 Å². The third-order valence-electron chi connectivity index (χ3n) is 3.27. The molecule has 1 heterocycles. The molecule has 0 atom stereocenters. The number of hydrogen-bond acceptors (Lipinski definition) is 5. The van der Waals surface area contributed by atoms with Crippen molar-refractivity contribution in [2.45, 2.75) is 39.5 Å². The lowest BCUT2D eigenvalue weighted by molar-refractivity contribution is -0.147. The first-order chi connectivity index (χ1) is 12.0. The van der Waals surface area contributed by atoms with Crippen molar-refractivity contribution >= 4 is 12.0 Å². The molecule has 0 spiro atoms. The normalized spacial score (nSPS) is 10.5. The summed E-state index contributed by atoms with van der Waals surface area (Å²) in [6.45, 7) is 4.88. The largest absolute Gasteiger partial charge is 0.463 e. The fraction of sp³-hybridized carbons (Fsp3) is 0.412. The average molecular weight is 345 g/mol. The molecule has 1 aromatic heterocycles. The predicted molar refractivity (Wildman–Crippen MR) is 91.6 cm³/mol. The van der Waals surface area contributed by atoms with Crippen molar-refractivity contribution in [1.29, 1.82) is 0 Å². The Morgan fingerprint density at radius 3 is 2.52 bits per heavy atom. The molecule has 8 nitrogen and oxygen atoms in total.